The van der Waals surface area contributed by atoms with Crippen molar-refractivity contribution in [3.8, 4) is 0 Å². The maximum absolute atomic E-state index is 13.2. The first-order valence-electron chi connectivity index (χ1n) is 9.28. The Hall–Kier alpha value is -3.21. The number of nitrogens with zero attached hydrogens (tertiary/aromatic N) is 1. The molecule has 0 radical (unpaired) electrons. The highest BCUT2D eigenvalue weighted by molar-refractivity contribution is 6.32. The van der Waals surface area contributed by atoms with Gasteiger partial charge in [-0.05, 0) is 25.3 Å². The van der Waals surface area contributed by atoms with Gasteiger partial charge in [0.05, 0.1) is 16.8 Å². The van der Waals surface area contributed by atoms with Gasteiger partial charge in [0.15, 0.2) is 11.6 Å². The smallest absolute Gasteiger partial charge is 0.250 e. The van der Waals surface area contributed by atoms with Crippen LogP contribution in [-0.2, 0) is 0 Å². The van der Waals surface area contributed by atoms with Crippen LogP contribution in [0.15, 0.2) is 47.3 Å². The van der Waals surface area contributed by atoms with Crippen molar-refractivity contribution in [1.82, 2.24) is 4.98 Å². The van der Waals surface area contributed by atoms with Gasteiger partial charge in [-0.3, -0.25) is 14.4 Å². The Balaban J connectivity index is 1.80. The van der Waals surface area contributed by atoms with E-state index in [-0.39, 0.29) is 17.1 Å². The third kappa shape index (κ3) is 2.35. The van der Waals surface area contributed by atoms with E-state index in [0.29, 0.717) is 27.8 Å². The van der Waals surface area contributed by atoms with Gasteiger partial charge in [0, 0.05) is 41.2 Å². The lowest BCUT2D eigenvalue weighted by Gasteiger charge is -2.30. The summed E-state index contributed by atoms with van der Waals surface area (Å²) in [5, 5.41) is 0.816. The summed E-state index contributed by atoms with van der Waals surface area (Å²) in [5.41, 5.74) is 2.54. The average molecular weight is 358 g/mol. The summed E-state index contributed by atoms with van der Waals surface area (Å²) < 4.78 is 0. The molecule has 0 amide bonds. The second-order valence-electron chi connectivity index (χ2n) is 7.18. The first-order valence-corrected chi connectivity index (χ1v) is 9.28. The SMILES string of the molecule is O=C1c2ccccc2C(=O)c2c1ccc1c(N3CCCCC3)cc(=O)[nH]c21. The summed E-state index contributed by atoms with van der Waals surface area (Å²) in [6.45, 7) is 1.79. The number of carbonyl (C=O) groups excluding carboxylic acids is 2. The van der Waals surface area contributed by atoms with Gasteiger partial charge in [-0.1, -0.05) is 30.3 Å². The van der Waals surface area contributed by atoms with Crippen LogP contribution in [-0.4, -0.2) is 29.6 Å². The predicted octanol–water partition coefficient (Wildman–Crippen LogP) is 3.29. The van der Waals surface area contributed by atoms with Crippen LogP contribution in [0, 0.1) is 0 Å². The Kier molecular flexibility index (Phi) is 3.50. The van der Waals surface area contributed by atoms with Crippen LogP contribution in [0.25, 0.3) is 10.9 Å². The number of ketones is 2. The van der Waals surface area contributed by atoms with E-state index in [4.69, 9.17) is 0 Å². The summed E-state index contributed by atoms with van der Waals surface area (Å²) in [7, 11) is 0. The molecular formula is C22H18N2O3. The monoisotopic (exact) mass is 358 g/mol. The number of rotatable bonds is 1. The maximum atomic E-state index is 13.2. The molecule has 0 bridgehead atoms. The molecule has 1 saturated heterocycles. The maximum Gasteiger partial charge on any atom is 0.250 e. The molecule has 1 N–H and O–H groups in total. The number of aromatic amines is 1. The van der Waals surface area contributed by atoms with Crippen molar-refractivity contribution in [1.29, 1.82) is 0 Å². The summed E-state index contributed by atoms with van der Waals surface area (Å²) in [4.78, 5) is 43.5. The van der Waals surface area contributed by atoms with Gasteiger partial charge < -0.3 is 9.88 Å². The zero-order valence-electron chi connectivity index (χ0n) is 14.7. The summed E-state index contributed by atoms with van der Waals surface area (Å²) >= 11 is 0. The van der Waals surface area contributed by atoms with Gasteiger partial charge >= 0.3 is 0 Å². The lowest BCUT2D eigenvalue weighted by molar-refractivity contribution is 0.0980. The van der Waals surface area contributed by atoms with Crippen molar-refractivity contribution in [2.45, 2.75) is 19.3 Å². The van der Waals surface area contributed by atoms with E-state index in [2.05, 4.69) is 9.88 Å². The topological polar surface area (TPSA) is 70.2 Å². The number of aromatic nitrogens is 1. The Morgan fingerprint density at radius 2 is 1.48 bits per heavy atom. The minimum absolute atomic E-state index is 0.175. The third-order valence-corrected chi connectivity index (χ3v) is 5.58. The molecule has 2 aromatic carbocycles. The van der Waals surface area contributed by atoms with E-state index < -0.39 is 0 Å². The fourth-order valence-electron chi connectivity index (χ4n) is 4.29. The largest absolute Gasteiger partial charge is 0.371 e. The predicted molar refractivity (Wildman–Crippen MR) is 104 cm³/mol. The van der Waals surface area contributed by atoms with E-state index in [1.54, 1.807) is 36.4 Å². The van der Waals surface area contributed by atoms with Crippen molar-refractivity contribution >= 4 is 28.2 Å². The number of nitrogens with one attached hydrogen (secondary N) is 1. The lowest BCUT2D eigenvalue weighted by atomic mass is 9.82. The summed E-state index contributed by atoms with van der Waals surface area (Å²) in [6, 6.07) is 12.0. The molecule has 3 aromatic rings. The average Bonchev–Trinajstić information content (AvgIpc) is 2.71. The molecule has 1 aliphatic carbocycles. The van der Waals surface area contributed by atoms with Gasteiger partial charge in [-0.25, -0.2) is 0 Å². The Morgan fingerprint density at radius 1 is 0.778 bits per heavy atom. The number of benzene rings is 2. The zero-order chi connectivity index (χ0) is 18.5. The van der Waals surface area contributed by atoms with Crippen LogP contribution < -0.4 is 10.5 Å². The number of fused-ring (bicyclic) bond motifs is 4. The van der Waals surface area contributed by atoms with Gasteiger partial charge in [0.25, 0.3) is 5.56 Å². The van der Waals surface area contributed by atoms with E-state index in [1.807, 2.05) is 6.07 Å². The fraction of sp³-hybridized carbons (Fsp3) is 0.227. The highest BCUT2D eigenvalue weighted by Gasteiger charge is 2.32. The van der Waals surface area contributed by atoms with E-state index in [9.17, 15) is 14.4 Å². The van der Waals surface area contributed by atoms with Crippen molar-refractivity contribution in [3.05, 3.63) is 75.1 Å². The Morgan fingerprint density at radius 3 is 2.22 bits per heavy atom. The van der Waals surface area contributed by atoms with Gasteiger partial charge in [0.2, 0.25) is 0 Å². The molecule has 134 valence electrons. The Bertz CT molecular complexity index is 1170. The van der Waals surface area contributed by atoms with Crippen LogP contribution in [0.2, 0.25) is 0 Å². The quantitative estimate of drug-likeness (QED) is 0.567. The Labute approximate surface area is 155 Å². The van der Waals surface area contributed by atoms with E-state index in [1.165, 1.54) is 6.42 Å². The molecule has 2 heterocycles. The minimum Gasteiger partial charge on any atom is -0.371 e. The molecule has 1 aromatic heterocycles. The molecule has 5 nitrogen and oxygen atoms in total. The molecule has 1 fully saturated rings. The highest BCUT2D eigenvalue weighted by Crippen LogP contribution is 2.35. The standard InChI is InChI=1S/C22H18N2O3/c25-18-12-17(24-10-4-1-5-11-24)15-8-9-16-19(20(15)23-18)22(27)14-7-3-2-6-13(14)21(16)26/h2-3,6-9,12H,1,4-5,10-11H2,(H,23,25). The number of pyridine rings is 1. The highest BCUT2D eigenvalue weighted by atomic mass is 16.1. The molecule has 5 rings (SSSR count). The normalized spacial score (nSPS) is 16.4. The lowest BCUT2D eigenvalue weighted by Crippen LogP contribution is -2.31. The summed E-state index contributed by atoms with van der Waals surface area (Å²) in [5.74, 6) is -0.386. The van der Waals surface area contributed by atoms with Crippen LogP contribution >= 0.6 is 0 Å². The molecule has 0 saturated carbocycles. The third-order valence-electron chi connectivity index (χ3n) is 5.58. The number of piperidine rings is 1. The number of hydrogen-bond acceptors (Lipinski definition) is 4. The van der Waals surface area contributed by atoms with Crippen molar-refractivity contribution < 1.29 is 9.59 Å². The fourth-order valence-corrected chi connectivity index (χ4v) is 4.29. The number of anilines is 1. The molecule has 2 aliphatic rings. The van der Waals surface area contributed by atoms with Crippen LogP contribution in [0.4, 0.5) is 5.69 Å². The van der Waals surface area contributed by atoms with Crippen molar-refractivity contribution in [2.75, 3.05) is 18.0 Å². The van der Waals surface area contributed by atoms with Gasteiger partial charge in [-0.15, -0.1) is 0 Å². The molecule has 1 aliphatic heterocycles. The van der Waals surface area contributed by atoms with Crippen molar-refractivity contribution in [3.63, 3.8) is 0 Å². The minimum atomic E-state index is -0.254. The van der Waals surface area contributed by atoms with Crippen LogP contribution in [0.1, 0.15) is 51.1 Å². The van der Waals surface area contributed by atoms with E-state index >= 15 is 0 Å². The zero-order valence-corrected chi connectivity index (χ0v) is 14.7. The number of H-pyrrole nitrogens is 1. The first-order chi connectivity index (χ1) is 13.1. The van der Waals surface area contributed by atoms with E-state index in [0.717, 1.165) is 37.0 Å². The molecular weight excluding hydrogens is 340 g/mol. The molecule has 27 heavy (non-hydrogen) atoms. The second-order valence-corrected chi connectivity index (χ2v) is 7.18. The number of carbonyl (C=O) groups is 2. The van der Waals surface area contributed by atoms with Crippen LogP contribution in [0.3, 0.4) is 0 Å². The van der Waals surface area contributed by atoms with Crippen molar-refractivity contribution in [2.24, 2.45) is 0 Å². The molecule has 0 unspecified atom stereocenters. The summed E-state index contributed by atoms with van der Waals surface area (Å²) in [6.07, 6.45) is 3.37. The van der Waals surface area contributed by atoms with Gasteiger partial charge in [0.1, 0.15) is 0 Å². The van der Waals surface area contributed by atoms with Gasteiger partial charge in [-0.2, -0.15) is 0 Å². The first kappa shape index (κ1) is 16.0. The molecule has 5 heteroatoms. The molecule has 0 spiro atoms. The molecule has 0 atom stereocenters. The van der Waals surface area contributed by atoms with Crippen LogP contribution in [0.5, 0.6) is 0 Å². The number of hydrogen-bond donors (Lipinski definition) is 1. The second kappa shape index (κ2) is 5.91.